The van der Waals surface area contributed by atoms with Gasteiger partial charge in [0.05, 0.1) is 18.3 Å². The molecule has 3 unspecified atom stereocenters. The first-order valence-electron chi connectivity index (χ1n) is 10.9. The largest absolute Gasteiger partial charge is 0.444 e. The predicted molar refractivity (Wildman–Crippen MR) is 118 cm³/mol. The van der Waals surface area contributed by atoms with Crippen LogP contribution in [0.25, 0.3) is 0 Å². The third-order valence-electron chi connectivity index (χ3n) is 6.30. The number of fused-ring (bicyclic) bond motifs is 1. The number of likely N-dealkylation sites (tertiary alicyclic amines) is 1. The van der Waals surface area contributed by atoms with Crippen LogP contribution in [0.4, 0.5) is 25.1 Å². The molecule has 3 atom stereocenters. The van der Waals surface area contributed by atoms with Crippen LogP contribution in [0.2, 0.25) is 0 Å². The minimum atomic E-state index is -3.96. The maximum Gasteiger partial charge on any atom is 0.410 e. The van der Waals surface area contributed by atoms with Gasteiger partial charge in [-0.15, -0.1) is 0 Å². The Morgan fingerprint density at radius 1 is 1.30 bits per heavy atom. The van der Waals surface area contributed by atoms with Crippen molar-refractivity contribution in [3.63, 3.8) is 0 Å². The van der Waals surface area contributed by atoms with Crippen LogP contribution in [-0.4, -0.2) is 75.8 Å². The van der Waals surface area contributed by atoms with E-state index in [4.69, 9.17) is 9.47 Å². The number of hydrogen-bond acceptors (Lipinski definition) is 6. The predicted octanol–water partition coefficient (Wildman–Crippen LogP) is 2.98. The number of ether oxygens (including phenoxy) is 2. The van der Waals surface area contributed by atoms with Crippen molar-refractivity contribution < 1.29 is 31.5 Å². The second-order valence-corrected chi connectivity index (χ2v) is 11.7. The molecule has 184 valence electrons. The summed E-state index contributed by atoms with van der Waals surface area (Å²) in [7, 11) is -1.04. The molecule has 0 spiro atoms. The van der Waals surface area contributed by atoms with E-state index >= 15 is 0 Å². The fourth-order valence-electron chi connectivity index (χ4n) is 4.32. The molecular formula is C21H30F2N4O5S. The van der Waals surface area contributed by atoms with Crippen LogP contribution in [0.3, 0.4) is 0 Å². The van der Waals surface area contributed by atoms with E-state index in [0.29, 0.717) is 30.9 Å². The van der Waals surface area contributed by atoms with Crippen molar-refractivity contribution in [3.05, 3.63) is 17.8 Å². The summed E-state index contributed by atoms with van der Waals surface area (Å²) < 4.78 is 65.7. The SMILES string of the molecule is COC1CN(C(=O)OC(C)(C)C)CCC1c1ccc2c(n1)N(C)S(=O)(=O)N2CC1CC1(F)F. The molecule has 3 heterocycles. The summed E-state index contributed by atoms with van der Waals surface area (Å²) in [6.45, 7) is 5.89. The lowest BCUT2D eigenvalue weighted by atomic mass is 9.90. The Labute approximate surface area is 192 Å². The number of pyridine rings is 1. The van der Waals surface area contributed by atoms with E-state index in [1.165, 1.54) is 7.05 Å². The number of rotatable bonds is 4. The van der Waals surface area contributed by atoms with Crippen molar-refractivity contribution in [2.24, 2.45) is 5.92 Å². The normalized spacial score (nSPS) is 28.0. The van der Waals surface area contributed by atoms with Gasteiger partial charge in [-0.05, 0) is 39.3 Å². The number of piperidine rings is 1. The molecule has 0 bridgehead atoms. The minimum Gasteiger partial charge on any atom is -0.444 e. The molecule has 3 aliphatic rings. The topological polar surface area (TPSA) is 92.3 Å². The van der Waals surface area contributed by atoms with Crippen molar-refractivity contribution in [1.82, 2.24) is 9.88 Å². The third kappa shape index (κ3) is 4.46. The van der Waals surface area contributed by atoms with Gasteiger partial charge in [0.15, 0.2) is 5.82 Å². The second-order valence-electron chi connectivity index (χ2n) is 9.84. The first-order valence-corrected chi connectivity index (χ1v) is 12.3. The standard InChI is InChI=1S/C21H30F2N4O5S/c1-20(2,3)32-19(28)26-9-8-14(17(12-26)31-5)15-6-7-16-18(24-15)25(4)33(29,30)27(16)11-13-10-21(13,22)23/h6-7,13-14,17H,8-12H2,1-5H3. The molecular weight excluding hydrogens is 458 g/mol. The summed E-state index contributed by atoms with van der Waals surface area (Å²) in [5.74, 6) is -3.77. The average molecular weight is 489 g/mol. The highest BCUT2D eigenvalue weighted by molar-refractivity contribution is 7.94. The lowest BCUT2D eigenvalue weighted by Crippen LogP contribution is -2.48. The third-order valence-corrected chi connectivity index (χ3v) is 8.07. The smallest absolute Gasteiger partial charge is 0.410 e. The van der Waals surface area contributed by atoms with E-state index in [2.05, 4.69) is 4.98 Å². The van der Waals surface area contributed by atoms with Crippen LogP contribution < -0.4 is 8.61 Å². The van der Waals surface area contributed by atoms with Crippen LogP contribution in [0, 0.1) is 5.92 Å². The highest BCUT2D eigenvalue weighted by Gasteiger charge is 2.59. The van der Waals surface area contributed by atoms with Gasteiger partial charge in [-0.25, -0.2) is 27.2 Å². The summed E-state index contributed by atoms with van der Waals surface area (Å²) in [5, 5.41) is 0. The number of halogens is 2. The quantitative estimate of drug-likeness (QED) is 0.647. The maximum absolute atomic E-state index is 13.4. The zero-order valence-electron chi connectivity index (χ0n) is 19.4. The number of amides is 1. The molecule has 0 radical (unpaired) electrons. The Hall–Kier alpha value is -2.21. The Kier molecular flexibility index (Phi) is 5.75. The fraction of sp³-hybridized carbons (Fsp3) is 0.714. The number of hydrogen-bond donors (Lipinski definition) is 0. The second kappa shape index (κ2) is 7.93. The number of carbonyl (C=O) groups excluding carboxylic acids is 1. The van der Waals surface area contributed by atoms with Gasteiger partial charge in [-0.3, -0.25) is 0 Å². The summed E-state index contributed by atoms with van der Waals surface area (Å²) in [5.41, 5.74) is 0.318. The molecule has 1 aliphatic carbocycles. The maximum atomic E-state index is 13.4. The van der Waals surface area contributed by atoms with Gasteiger partial charge in [0, 0.05) is 51.2 Å². The van der Waals surface area contributed by atoms with Crippen molar-refractivity contribution in [1.29, 1.82) is 0 Å². The first-order chi connectivity index (χ1) is 15.2. The van der Waals surface area contributed by atoms with E-state index in [1.54, 1.807) is 44.9 Å². The Morgan fingerprint density at radius 2 is 1.97 bits per heavy atom. The van der Waals surface area contributed by atoms with E-state index in [1.807, 2.05) is 0 Å². The Balaban J connectivity index is 1.54. The van der Waals surface area contributed by atoms with Crippen molar-refractivity contribution >= 4 is 27.8 Å². The molecule has 1 saturated heterocycles. The first kappa shape index (κ1) is 23.9. The van der Waals surface area contributed by atoms with Crippen LogP contribution in [0.1, 0.15) is 45.2 Å². The number of aromatic nitrogens is 1. The molecule has 1 saturated carbocycles. The Morgan fingerprint density at radius 3 is 2.55 bits per heavy atom. The van der Waals surface area contributed by atoms with Crippen LogP contribution >= 0.6 is 0 Å². The number of anilines is 2. The molecule has 9 nitrogen and oxygen atoms in total. The lowest BCUT2D eigenvalue weighted by Gasteiger charge is -2.38. The van der Waals surface area contributed by atoms with Gasteiger partial charge < -0.3 is 14.4 Å². The van der Waals surface area contributed by atoms with Crippen molar-refractivity contribution in [2.75, 3.05) is 42.4 Å². The molecule has 33 heavy (non-hydrogen) atoms. The Bertz CT molecular complexity index is 1050. The van der Waals surface area contributed by atoms with E-state index in [-0.39, 0.29) is 30.8 Å². The van der Waals surface area contributed by atoms with Gasteiger partial charge in [0.1, 0.15) is 5.60 Å². The summed E-state index contributed by atoms with van der Waals surface area (Å²) in [6.07, 6.45) is -0.530. The highest BCUT2D eigenvalue weighted by atomic mass is 32.2. The summed E-state index contributed by atoms with van der Waals surface area (Å²) in [4.78, 5) is 18.7. The van der Waals surface area contributed by atoms with Gasteiger partial charge in [0.25, 0.3) is 5.92 Å². The average Bonchev–Trinajstić information content (AvgIpc) is 3.29. The number of carbonyl (C=O) groups is 1. The molecule has 2 aliphatic heterocycles. The number of methoxy groups -OCH3 is 1. The van der Waals surface area contributed by atoms with Gasteiger partial charge >= 0.3 is 16.3 Å². The number of alkyl halides is 2. The molecule has 2 fully saturated rings. The van der Waals surface area contributed by atoms with E-state index in [9.17, 15) is 22.0 Å². The molecule has 1 amide bonds. The van der Waals surface area contributed by atoms with Gasteiger partial charge in [-0.1, -0.05) is 0 Å². The monoisotopic (exact) mass is 488 g/mol. The zero-order chi connectivity index (χ0) is 24.3. The molecule has 1 aromatic rings. The molecule has 12 heteroatoms. The van der Waals surface area contributed by atoms with Gasteiger partial charge in [0.2, 0.25) is 0 Å². The van der Waals surface area contributed by atoms with Crippen molar-refractivity contribution in [2.45, 2.75) is 57.2 Å². The van der Waals surface area contributed by atoms with Crippen LogP contribution in [0.15, 0.2) is 12.1 Å². The molecule has 1 aromatic heterocycles. The lowest BCUT2D eigenvalue weighted by molar-refractivity contribution is -0.0144. The van der Waals surface area contributed by atoms with E-state index < -0.39 is 33.7 Å². The number of nitrogens with zero attached hydrogens (tertiary/aromatic N) is 4. The zero-order valence-corrected chi connectivity index (χ0v) is 20.2. The molecule has 0 N–H and O–H groups in total. The van der Waals surface area contributed by atoms with Crippen LogP contribution in [-0.2, 0) is 19.7 Å². The minimum absolute atomic E-state index is 0.170. The summed E-state index contributed by atoms with van der Waals surface area (Å²) >= 11 is 0. The van der Waals surface area contributed by atoms with Crippen LogP contribution in [0.5, 0.6) is 0 Å². The van der Waals surface area contributed by atoms with Crippen molar-refractivity contribution in [3.8, 4) is 0 Å². The van der Waals surface area contributed by atoms with E-state index in [0.717, 1.165) is 8.61 Å². The summed E-state index contributed by atoms with van der Waals surface area (Å²) in [6, 6.07) is 3.33. The molecule has 4 rings (SSSR count). The van der Waals surface area contributed by atoms with Gasteiger partial charge in [-0.2, -0.15) is 8.42 Å². The fourth-order valence-corrected chi connectivity index (χ4v) is 5.72. The highest BCUT2D eigenvalue weighted by Crippen LogP contribution is 2.51. The molecule has 0 aromatic carbocycles.